The number of hydrogen-bond donors (Lipinski definition) is 3. The number of nitrogens with one attached hydrogen (secondary N) is 3. The molecule has 2 aromatic carbocycles. The molecule has 0 fully saturated rings. The van der Waals surface area contributed by atoms with Crippen molar-refractivity contribution in [3.8, 4) is 22.9 Å². The van der Waals surface area contributed by atoms with Gasteiger partial charge < -0.3 is 10.1 Å². The zero-order chi connectivity index (χ0) is 25.3. The number of rotatable bonds is 6. The van der Waals surface area contributed by atoms with Gasteiger partial charge in [-0.3, -0.25) is 15.6 Å². The molecule has 0 aliphatic heterocycles. The molecular weight excluding hydrogens is 490 g/mol. The highest BCUT2D eigenvalue weighted by molar-refractivity contribution is 8.00. The number of hydrogen-bond acceptors (Lipinski definition) is 6. The maximum absolute atomic E-state index is 12.5. The summed E-state index contributed by atoms with van der Waals surface area (Å²) in [5.74, 6) is 0.573. The largest absolute Gasteiger partial charge is 0.497 e. The molecule has 36 heavy (non-hydrogen) atoms. The molecule has 0 atom stereocenters. The van der Waals surface area contributed by atoms with Gasteiger partial charge in [-0.05, 0) is 73.3 Å². The fraction of sp³-hybridized carbons (Fsp3) is 0.259. The number of methoxy groups -OCH3 is 1. The molecule has 0 spiro atoms. The standard InChI is InChI=1S/C27H27N5O2S2/c1-34-20-14-12-18(13-15-20)25-21-10-6-3-7-11-23(21)30-26(22(25)16-28)36-17-24(33)31-32-27(35)29-19-8-4-2-5-9-19/h2,4-5,8-9,12-15H,3,6-7,10-11,17H2,1H3,(H,31,33)(H2,29,32,35). The first-order valence-electron chi connectivity index (χ1n) is 11.7. The number of thioether (sulfide) groups is 1. The third-order valence-corrected chi connectivity index (χ3v) is 7.05. The number of nitriles is 1. The molecule has 1 aliphatic carbocycles. The number of pyridine rings is 1. The number of aryl methyl sites for hydroxylation is 1. The number of amides is 1. The minimum absolute atomic E-state index is 0.0868. The SMILES string of the molecule is COc1ccc(-c2c(C#N)c(SCC(=O)NNC(=S)Nc3ccccc3)nc3c2CCCCC3)cc1. The number of para-hydroxylation sites is 1. The Morgan fingerprint density at radius 2 is 1.83 bits per heavy atom. The zero-order valence-electron chi connectivity index (χ0n) is 20.0. The molecule has 3 N–H and O–H groups in total. The van der Waals surface area contributed by atoms with Crippen LogP contribution < -0.4 is 20.9 Å². The van der Waals surface area contributed by atoms with Crippen LogP contribution in [0, 0.1) is 11.3 Å². The molecule has 0 radical (unpaired) electrons. The molecule has 7 nitrogen and oxygen atoms in total. The van der Waals surface area contributed by atoms with E-state index in [0.29, 0.717) is 10.6 Å². The number of nitrogens with zero attached hydrogens (tertiary/aromatic N) is 2. The lowest BCUT2D eigenvalue weighted by Gasteiger charge is -2.17. The van der Waals surface area contributed by atoms with Crippen LogP contribution in [0.4, 0.5) is 5.69 Å². The van der Waals surface area contributed by atoms with Crippen molar-refractivity contribution in [2.24, 2.45) is 0 Å². The van der Waals surface area contributed by atoms with Crippen molar-refractivity contribution in [1.29, 1.82) is 5.26 Å². The summed E-state index contributed by atoms with van der Waals surface area (Å²) in [6, 6.07) is 19.6. The molecule has 1 heterocycles. The summed E-state index contributed by atoms with van der Waals surface area (Å²) in [7, 11) is 1.63. The predicted octanol–water partition coefficient (Wildman–Crippen LogP) is 5.01. The zero-order valence-corrected chi connectivity index (χ0v) is 21.6. The highest BCUT2D eigenvalue weighted by atomic mass is 32.2. The van der Waals surface area contributed by atoms with E-state index in [1.807, 2.05) is 54.6 Å². The van der Waals surface area contributed by atoms with Gasteiger partial charge in [-0.1, -0.05) is 48.5 Å². The topological polar surface area (TPSA) is 99.1 Å². The molecule has 1 aromatic heterocycles. The van der Waals surface area contributed by atoms with Gasteiger partial charge in [0.05, 0.1) is 18.4 Å². The first-order valence-corrected chi connectivity index (χ1v) is 13.1. The van der Waals surface area contributed by atoms with Gasteiger partial charge in [-0.15, -0.1) is 0 Å². The van der Waals surface area contributed by atoms with E-state index in [4.69, 9.17) is 21.9 Å². The molecule has 1 aliphatic rings. The average molecular weight is 518 g/mol. The van der Waals surface area contributed by atoms with Crippen molar-refractivity contribution in [2.45, 2.75) is 37.1 Å². The molecule has 0 bridgehead atoms. The van der Waals surface area contributed by atoms with E-state index >= 15 is 0 Å². The summed E-state index contributed by atoms with van der Waals surface area (Å²) in [6.45, 7) is 0. The van der Waals surface area contributed by atoms with Crippen molar-refractivity contribution in [1.82, 2.24) is 15.8 Å². The highest BCUT2D eigenvalue weighted by Gasteiger charge is 2.23. The normalized spacial score (nSPS) is 12.4. The molecule has 9 heteroatoms. The summed E-state index contributed by atoms with van der Waals surface area (Å²) in [4.78, 5) is 17.4. The minimum atomic E-state index is -0.274. The molecule has 0 saturated carbocycles. The molecule has 184 valence electrons. The van der Waals surface area contributed by atoms with Crippen LogP contribution in [0.25, 0.3) is 11.1 Å². The van der Waals surface area contributed by atoms with Gasteiger partial charge in [0.2, 0.25) is 5.91 Å². The van der Waals surface area contributed by atoms with E-state index in [0.717, 1.165) is 65.9 Å². The summed E-state index contributed by atoms with van der Waals surface area (Å²) < 4.78 is 5.31. The second-order valence-corrected chi connectivity index (χ2v) is 9.65. The van der Waals surface area contributed by atoms with Crippen LogP contribution in [0.3, 0.4) is 0 Å². The summed E-state index contributed by atoms with van der Waals surface area (Å²) in [5, 5.41) is 14.0. The van der Waals surface area contributed by atoms with Crippen molar-refractivity contribution in [2.75, 3.05) is 18.2 Å². The molecule has 0 saturated heterocycles. The maximum Gasteiger partial charge on any atom is 0.248 e. The summed E-state index contributed by atoms with van der Waals surface area (Å²) >= 11 is 6.49. The maximum atomic E-state index is 12.5. The lowest BCUT2D eigenvalue weighted by Crippen LogP contribution is -2.44. The van der Waals surface area contributed by atoms with Crippen molar-refractivity contribution in [3.05, 3.63) is 71.4 Å². The van der Waals surface area contributed by atoms with Crippen LogP contribution in [-0.4, -0.2) is 28.9 Å². The number of anilines is 1. The second-order valence-electron chi connectivity index (χ2n) is 8.28. The Bertz CT molecular complexity index is 1270. The number of carbonyl (C=O) groups is 1. The number of fused-ring (bicyclic) bond motifs is 1. The van der Waals surface area contributed by atoms with Gasteiger partial charge in [-0.2, -0.15) is 5.26 Å². The summed E-state index contributed by atoms with van der Waals surface area (Å²) in [5.41, 5.74) is 10.7. The Balaban J connectivity index is 1.51. The first-order chi connectivity index (χ1) is 17.6. The smallest absolute Gasteiger partial charge is 0.248 e. The fourth-order valence-electron chi connectivity index (χ4n) is 4.16. The number of aromatic nitrogens is 1. The van der Waals surface area contributed by atoms with Gasteiger partial charge in [0.1, 0.15) is 16.8 Å². The minimum Gasteiger partial charge on any atom is -0.497 e. The summed E-state index contributed by atoms with van der Waals surface area (Å²) in [6.07, 6.45) is 5.02. The molecule has 4 rings (SSSR count). The monoisotopic (exact) mass is 517 g/mol. The fourth-order valence-corrected chi connectivity index (χ4v) is 5.14. The molecular formula is C27H27N5O2S2. The predicted molar refractivity (Wildman–Crippen MR) is 147 cm³/mol. The van der Waals surface area contributed by atoms with E-state index < -0.39 is 0 Å². The Hall–Kier alpha value is -3.61. The van der Waals surface area contributed by atoms with E-state index in [2.05, 4.69) is 22.2 Å². The van der Waals surface area contributed by atoms with Crippen LogP contribution in [0.2, 0.25) is 0 Å². The average Bonchev–Trinajstić information content (AvgIpc) is 3.15. The van der Waals surface area contributed by atoms with Crippen LogP contribution >= 0.6 is 24.0 Å². The Labute approximate surface area is 220 Å². The Morgan fingerprint density at radius 1 is 1.08 bits per heavy atom. The van der Waals surface area contributed by atoms with Crippen molar-refractivity contribution >= 4 is 40.7 Å². The van der Waals surface area contributed by atoms with Crippen LogP contribution in [-0.2, 0) is 17.6 Å². The lowest BCUT2D eigenvalue weighted by molar-refractivity contribution is -0.119. The Morgan fingerprint density at radius 3 is 2.56 bits per heavy atom. The molecule has 0 unspecified atom stereocenters. The Kier molecular flexibility index (Phi) is 8.76. The third-order valence-electron chi connectivity index (χ3n) is 5.87. The number of carbonyl (C=O) groups excluding carboxylic acids is 1. The van der Waals surface area contributed by atoms with Crippen molar-refractivity contribution in [3.63, 3.8) is 0 Å². The van der Waals surface area contributed by atoms with Crippen LogP contribution in [0.1, 0.15) is 36.1 Å². The van der Waals surface area contributed by atoms with Crippen LogP contribution in [0.15, 0.2) is 59.6 Å². The van der Waals surface area contributed by atoms with Gasteiger partial charge >= 0.3 is 0 Å². The van der Waals surface area contributed by atoms with Gasteiger partial charge in [0, 0.05) is 16.9 Å². The second kappa shape index (κ2) is 12.4. The lowest BCUT2D eigenvalue weighted by atomic mass is 9.92. The van der Waals surface area contributed by atoms with E-state index in [1.54, 1.807) is 7.11 Å². The molecule has 3 aromatic rings. The van der Waals surface area contributed by atoms with E-state index in [1.165, 1.54) is 11.8 Å². The number of ether oxygens (including phenoxy) is 1. The number of hydrazine groups is 1. The van der Waals surface area contributed by atoms with Crippen molar-refractivity contribution < 1.29 is 9.53 Å². The van der Waals surface area contributed by atoms with Crippen LogP contribution in [0.5, 0.6) is 5.75 Å². The van der Waals surface area contributed by atoms with Gasteiger partial charge in [0.25, 0.3) is 0 Å². The van der Waals surface area contributed by atoms with Gasteiger partial charge in [-0.25, -0.2) is 4.98 Å². The highest BCUT2D eigenvalue weighted by Crippen LogP contribution is 2.38. The number of benzene rings is 2. The van der Waals surface area contributed by atoms with E-state index in [9.17, 15) is 10.1 Å². The quantitative estimate of drug-likeness (QED) is 0.182. The third kappa shape index (κ3) is 6.33. The number of thiocarbonyl (C=S) groups is 1. The first kappa shape index (κ1) is 25.5. The molecule has 1 amide bonds. The van der Waals surface area contributed by atoms with E-state index in [-0.39, 0.29) is 16.8 Å². The van der Waals surface area contributed by atoms with Gasteiger partial charge in [0.15, 0.2) is 5.11 Å².